The van der Waals surface area contributed by atoms with Gasteiger partial charge in [0.15, 0.2) is 0 Å². The zero-order valence-electron chi connectivity index (χ0n) is 6.58. The molecule has 1 heterocycles. The standard InChI is InChI=1S/C3H6N6O4S/c4-1-6-2(5)8-3(7-1)9-13-14(10,11)12/h(H,10,11,12)(H5,4,5,6,7,8,9). The molecule has 0 aromatic carbocycles. The summed E-state index contributed by atoms with van der Waals surface area (Å²) >= 11 is 0. The van der Waals surface area contributed by atoms with Crippen LogP contribution >= 0.6 is 0 Å². The summed E-state index contributed by atoms with van der Waals surface area (Å²) in [5.41, 5.74) is 12.0. The summed E-state index contributed by atoms with van der Waals surface area (Å²) in [4.78, 5) is 10.2. The minimum absolute atomic E-state index is 0.223. The largest absolute Gasteiger partial charge is 0.418 e. The van der Waals surface area contributed by atoms with Gasteiger partial charge in [0, 0.05) is 0 Å². The third kappa shape index (κ3) is 3.34. The van der Waals surface area contributed by atoms with Crippen LogP contribution in [0.15, 0.2) is 0 Å². The topological polar surface area (TPSA) is 166 Å². The smallest absolute Gasteiger partial charge is 0.368 e. The van der Waals surface area contributed by atoms with E-state index in [4.69, 9.17) is 16.0 Å². The summed E-state index contributed by atoms with van der Waals surface area (Å²) in [6.07, 6.45) is 0. The van der Waals surface area contributed by atoms with Gasteiger partial charge >= 0.3 is 10.4 Å². The molecule has 0 atom stereocenters. The molecule has 0 spiro atoms. The van der Waals surface area contributed by atoms with Crippen molar-refractivity contribution in [2.24, 2.45) is 0 Å². The summed E-state index contributed by atoms with van der Waals surface area (Å²) in [5.74, 6) is -0.787. The fraction of sp³-hybridized carbons (Fsp3) is 0. The highest BCUT2D eigenvalue weighted by atomic mass is 32.3. The molecule has 0 aliphatic heterocycles. The number of anilines is 3. The summed E-state index contributed by atoms with van der Waals surface area (Å²) in [6, 6.07) is 0. The Morgan fingerprint density at radius 3 is 2.14 bits per heavy atom. The molecule has 1 rings (SSSR count). The Balaban J connectivity index is 2.78. The lowest BCUT2D eigenvalue weighted by Crippen LogP contribution is -2.13. The number of rotatable bonds is 3. The van der Waals surface area contributed by atoms with Crippen molar-refractivity contribution >= 4 is 28.2 Å². The van der Waals surface area contributed by atoms with Crippen LogP contribution < -0.4 is 16.9 Å². The zero-order valence-corrected chi connectivity index (χ0v) is 7.39. The van der Waals surface area contributed by atoms with E-state index in [1.54, 1.807) is 5.48 Å². The molecule has 0 aliphatic rings. The molecule has 0 saturated carbocycles. The molecule has 0 amide bonds. The zero-order chi connectivity index (χ0) is 10.8. The fourth-order valence-corrected chi connectivity index (χ4v) is 0.725. The molecule has 0 bridgehead atoms. The first-order valence-electron chi connectivity index (χ1n) is 3.06. The molecular weight excluding hydrogens is 216 g/mol. The van der Waals surface area contributed by atoms with Crippen molar-refractivity contribution in [2.45, 2.75) is 0 Å². The molecule has 14 heavy (non-hydrogen) atoms. The molecule has 11 heteroatoms. The van der Waals surface area contributed by atoms with Gasteiger partial charge in [0.05, 0.1) is 0 Å². The molecular formula is C3H6N6O4S. The van der Waals surface area contributed by atoms with E-state index in [9.17, 15) is 8.42 Å². The maximum Gasteiger partial charge on any atom is 0.418 e. The van der Waals surface area contributed by atoms with E-state index in [0.717, 1.165) is 0 Å². The van der Waals surface area contributed by atoms with Crippen LogP contribution in [0.25, 0.3) is 0 Å². The van der Waals surface area contributed by atoms with E-state index in [0.29, 0.717) is 0 Å². The van der Waals surface area contributed by atoms with Crippen molar-refractivity contribution < 1.29 is 17.3 Å². The molecule has 0 unspecified atom stereocenters. The average molecular weight is 222 g/mol. The van der Waals surface area contributed by atoms with Crippen molar-refractivity contribution in [1.82, 2.24) is 15.0 Å². The average Bonchev–Trinajstić information content (AvgIpc) is 1.97. The maximum atomic E-state index is 10.1. The van der Waals surface area contributed by atoms with Crippen molar-refractivity contribution in [3.8, 4) is 0 Å². The van der Waals surface area contributed by atoms with Gasteiger partial charge in [0.1, 0.15) is 0 Å². The highest BCUT2D eigenvalue weighted by molar-refractivity contribution is 7.80. The van der Waals surface area contributed by atoms with Crippen molar-refractivity contribution in [2.75, 3.05) is 16.9 Å². The van der Waals surface area contributed by atoms with E-state index in [1.807, 2.05) is 0 Å². The van der Waals surface area contributed by atoms with Gasteiger partial charge in [0.2, 0.25) is 11.9 Å². The van der Waals surface area contributed by atoms with Crippen LogP contribution in [0.2, 0.25) is 0 Å². The molecule has 0 aliphatic carbocycles. The maximum absolute atomic E-state index is 10.1. The highest BCUT2D eigenvalue weighted by Gasteiger charge is 2.07. The quantitative estimate of drug-likeness (QED) is 0.337. The van der Waals surface area contributed by atoms with E-state index in [1.165, 1.54) is 0 Å². The van der Waals surface area contributed by atoms with E-state index >= 15 is 0 Å². The molecule has 1 aromatic rings. The van der Waals surface area contributed by atoms with Crippen LogP contribution in [0.4, 0.5) is 17.8 Å². The van der Waals surface area contributed by atoms with Crippen LogP contribution in [0.1, 0.15) is 0 Å². The van der Waals surface area contributed by atoms with Gasteiger partial charge in [-0.1, -0.05) is 0 Å². The number of hydrogen-bond donors (Lipinski definition) is 4. The predicted octanol–water partition coefficient (Wildman–Crippen LogP) is -1.82. The minimum atomic E-state index is -4.64. The molecule has 78 valence electrons. The number of aromatic nitrogens is 3. The number of hydrogen-bond acceptors (Lipinski definition) is 9. The first kappa shape index (κ1) is 10.4. The Hall–Kier alpha value is -1.72. The van der Waals surface area contributed by atoms with E-state index < -0.39 is 10.4 Å². The van der Waals surface area contributed by atoms with Crippen LogP contribution in [-0.4, -0.2) is 27.9 Å². The molecule has 0 fully saturated rings. The molecule has 0 saturated heterocycles. The fourth-order valence-electron chi connectivity index (χ4n) is 0.545. The Morgan fingerprint density at radius 2 is 1.71 bits per heavy atom. The summed E-state index contributed by atoms with van der Waals surface area (Å²) in [7, 11) is -4.64. The van der Waals surface area contributed by atoms with Gasteiger partial charge in [-0.2, -0.15) is 23.4 Å². The number of nitrogens with zero attached hydrogens (tertiary/aromatic N) is 3. The third-order valence-electron chi connectivity index (χ3n) is 0.908. The van der Waals surface area contributed by atoms with Crippen molar-refractivity contribution in [3.63, 3.8) is 0 Å². The number of nitrogens with one attached hydrogen (secondary N) is 1. The van der Waals surface area contributed by atoms with Crippen LogP contribution in [0.5, 0.6) is 0 Å². The Kier molecular flexibility index (Phi) is 2.64. The second-order valence-corrected chi connectivity index (χ2v) is 3.01. The molecule has 10 nitrogen and oxygen atoms in total. The SMILES string of the molecule is Nc1nc(N)nc(NOS(=O)(=O)O)n1. The van der Waals surface area contributed by atoms with Crippen molar-refractivity contribution in [3.05, 3.63) is 0 Å². The lowest BCUT2D eigenvalue weighted by Gasteiger charge is -2.02. The van der Waals surface area contributed by atoms with Gasteiger partial charge < -0.3 is 11.5 Å². The molecule has 0 radical (unpaired) electrons. The Labute approximate surface area is 78.2 Å². The van der Waals surface area contributed by atoms with Gasteiger partial charge in [0.25, 0.3) is 5.95 Å². The van der Waals surface area contributed by atoms with Crippen LogP contribution in [0, 0.1) is 0 Å². The lowest BCUT2D eigenvalue weighted by molar-refractivity contribution is 0.317. The molecule has 1 aromatic heterocycles. The lowest BCUT2D eigenvalue weighted by atomic mass is 10.8. The minimum Gasteiger partial charge on any atom is -0.368 e. The van der Waals surface area contributed by atoms with Gasteiger partial charge in [-0.25, -0.2) is 5.48 Å². The second-order valence-electron chi connectivity index (χ2n) is 1.99. The normalized spacial score (nSPS) is 11.2. The number of nitrogen functional groups attached to an aromatic ring is 2. The second kappa shape index (κ2) is 3.57. The summed E-state index contributed by atoms with van der Waals surface area (Å²) in [6.45, 7) is 0. The van der Waals surface area contributed by atoms with E-state index in [-0.39, 0.29) is 17.8 Å². The van der Waals surface area contributed by atoms with E-state index in [2.05, 4.69) is 19.2 Å². The monoisotopic (exact) mass is 222 g/mol. The van der Waals surface area contributed by atoms with Crippen LogP contribution in [0.3, 0.4) is 0 Å². The first-order valence-corrected chi connectivity index (χ1v) is 4.42. The highest BCUT2D eigenvalue weighted by Crippen LogP contribution is 2.03. The first-order chi connectivity index (χ1) is 6.37. The van der Waals surface area contributed by atoms with Gasteiger partial charge in [-0.15, -0.1) is 4.28 Å². The van der Waals surface area contributed by atoms with Crippen LogP contribution in [-0.2, 0) is 14.7 Å². The van der Waals surface area contributed by atoms with Gasteiger partial charge in [-0.3, -0.25) is 4.55 Å². The van der Waals surface area contributed by atoms with Gasteiger partial charge in [-0.05, 0) is 0 Å². The number of nitrogens with two attached hydrogens (primary N) is 2. The Bertz CT molecular complexity index is 410. The predicted molar refractivity (Wildman–Crippen MR) is 44.9 cm³/mol. The van der Waals surface area contributed by atoms with Crippen molar-refractivity contribution in [1.29, 1.82) is 0 Å². The molecule has 6 N–H and O–H groups in total. The third-order valence-corrected chi connectivity index (χ3v) is 1.20. The summed E-state index contributed by atoms with van der Waals surface area (Å²) < 4.78 is 32.1. The summed E-state index contributed by atoms with van der Waals surface area (Å²) in [5, 5.41) is 0. The Morgan fingerprint density at radius 1 is 1.21 bits per heavy atom.